The van der Waals surface area contributed by atoms with Gasteiger partial charge in [-0.1, -0.05) is 12.1 Å². The number of nitrogens with zero attached hydrogens (tertiary/aromatic N) is 1. The van der Waals surface area contributed by atoms with Crippen molar-refractivity contribution in [2.45, 2.75) is 0 Å². The molecule has 0 aliphatic heterocycles. The maximum atomic E-state index is 12.9. The molecule has 3 nitrogen and oxygen atoms in total. The van der Waals surface area contributed by atoms with Crippen LogP contribution >= 0.6 is 0 Å². The number of rotatable bonds is 2. The number of fused-ring (bicyclic) bond motifs is 1. The Kier molecular flexibility index (Phi) is 2.99. The second kappa shape index (κ2) is 4.81. The summed E-state index contributed by atoms with van der Waals surface area (Å²) in [6.07, 6.45) is 0. The molecule has 0 bridgehead atoms. The zero-order valence-electron chi connectivity index (χ0n) is 10.8. The fourth-order valence-electron chi connectivity index (χ4n) is 2.09. The predicted molar refractivity (Wildman–Crippen MR) is 75.7 cm³/mol. The van der Waals surface area contributed by atoms with E-state index in [4.69, 9.17) is 4.74 Å². The summed E-state index contributed by atoms with van der Waals surface area (Å²) in [5, 5.41) is 0.832. The van der Waals surface area contributed by atoms with Crippen molar-refractivity contribution >= 4 is 10.9 Å². The first-order valence-corrected chi connectivity index (χ1v) is 6.17. The molecule has 0 spiro atoms. The first kappa shape index (κ1) is 12.4. The molecule has 3 rings (SSSR count). The number of halogens is 1. The number of aryl methyl sites for hydroxylation is 1. The number of benzene rings is 2. The van der Waals surface area contributed by atoms with Crippen molar-refractivity contribution in [3.05, 3.63) is 70.8 Å². The highest BCUT2D eigenvalue weighted by Gasteiger charge is 2.08. The molecule has 0 aliphatic rings. The third-order valence-corrected chi connectivity index (χ3v) is 3.16. The topological polar surface area (TPSA) is 31.2 Å². The number of hydrogen-bond donors (Lipinski definition) is 0. The van der Waals surface area contributed by atoms with Gasteiger partial charge in [-0.15, -0.1) is 0 Å². The third kappa shape index (κ3) is 2.16. The van der Waals surface area contributed by atoms with Gasteiger partial charge >= 0.3 is 0 Å². The molecule has 1 heterocycles. The van der Waals surface area contributed by atoms with Crippen LogP contribution in [0.3, 0.4) is 0 Å². The second-order valence-corrected chi connectivity index (χ2v) is 4.48. The molecule has 0 N–H and O–H groups in total. The van der Waals surface area contributed by atoms with E-state index in [1.54, 1.807) is 11.6 Å². The Morgan fingerprint density at radius 2 is 1.75 bits per heavy atom. The van der Waals surface area contributed by atoms with E-state index in [1.165, 1.54) is 30.3 Å². The monoisotopic (exact) mass is 269 g/mol. The molecule has 100 valence electrons. The van der Waals surface area contributed by atoms with E-state index < -0.39 is 0 Å². The van der Waals surface area contributed by atoms with E-state index in [-0.39, 0.29) is 11.4 Å². The standard InChI is InChI=1S/C16H12FNO2/c1-18-14-5-3-2-4-13(14)15(10-16(18)19)20-12-8-6-11(17)7-9-12/h2-10H,1H3. The van der Waals surface area contributed by atoms with Crippen molar-refractivity contribution < 1.29 is 9.13 Å². The van der Waals surface area contributed by atoms with Crippen LogP contribution in [-0.4, -0.2) is 4.57 Å². The molecule has 20 heavy (non-hydrogen) atoms. The summed E-state index contributed by atoms with van der Waals surface area (Å²) < 4.78 is 20.2. The lowest BCUT2D eigenvalue weighted by Crippen LogP contribution is -2.15. The first-order chi connectivity index (χ1) is 9.65. The predicted octanol–water partition coefficient (Wildman–Crippen LogP) is 3.47. The van der Waals surface area contributed by atoms with E-state index in [9.17, 15) is 9.18 Å². The third-order valence-electron chi connectivity index (χ3n) is 3.16. The van der Waals surface area contributed by atoms with Gasteiger partial charge in [0.1, 0.15) is 17.3 Å². The Morgan fingerprint density at radius 3 is 2.50 bits per heavy atom. The lowest BCUT2D eigenvalue weighted by atomic mass is 10.2. The summed E-state index contributed by atoms with van der Waals surface area (Å²) in [5.41, 5.74) is 0.637. The van der Waals surface area contributed by atoms with Gasteiger partial charge < -0.3 is 9.30 Å². The fraction of sp³-hybridized carbons (Fsp3) is 0.0625. The van der Waals surface area contributed by atoms with Crippen molar-refractivity contribution in [1.82, 2.24) is 4.57 Å². The largest absolute Gasteiger partial charge is 0.456 e. The maximum Gasteiger partial charge on any atom is 0.254 e. The molecule has 0 saturated heterocycles. The highest BCUT2D eigenvalue weighted by Crippen LogP contribution is 2.28. The quantitative estimate of drug-likeness (QED) is 0.713. The number of para-hydroxylation sites is 1. The van der Waals surface area contributed by atoms with Gasteiger partial charge in [-0.05, 0) is 36.4 Å². The number of pyridine rings is 1. The van der Waals surface area contributed by atoms with Crippen molar-refractivity contribution in [2.24, 2.45) is 7.05 Å². The highest BCUT2D eigenvalue weighted by molar-refractivity contribution is 5.85. The summed E-state index contributed by atoms with van der Waals surface area (Å²) in [4.78, 5) is 11.9. The fourth-order valence-corrected chi connectivity index (χ4v) is 2.09. The molecule has 0 saturated carbocycles. The maximum absolute atomic E-state index is 12.9. The van der Waals surface area contributed by atoms with Crippen molar-refractivity contribution in [3.63, 3.8) is 0 Å². The Morgan fingerprint density at radius 1 is 1.05 bits per heavy atom. The Hall–Kier alpha value is -2.62. The number of ether oxygens (including phenoxy) is 1. The minimum atomic E-state index is -0.328. The smallest absolute Gasteiger partial charge is 0.254 e. The van der Waals surface area contributed by atoms with E-state index in [1.807, 2.05) is 24.3 Å². The molecule has 0 amide bonds. The normalized spacial score (nSPS) is 10.7. The first-order valence-electron chi connectivity index (χ1n) is 6.17. The van der Waals surface area contributed by atoms with Gasteiger partial charge in [-0.2, -0.15) is 0 Å². The molecular weight excluding hydrogens is 257 g/mol. The van der Waals surface area contributed by atoms with E-state index in [0.717, 1.165) is 10.9 Å². The molecule has 4 heteroatoms. The molecule has 3 aromatic rings. The molecular formula is C16H12FNO2. The van der Waals surface area contributed by atoms with Crippen molar-refractivity contribution in [1.29, 1.82) is 0 Å². The highest BCUT2D eigenvalue weighted by atomic mass is 19.1. The minimum absolute atomic E-state index is 0.152. The van der Waals surface area contributed by atoms with Gasteiger partial charge in [0.25, 0.3) is 5.56 Å². The zero-order chi connectivity index (χ0) is 14.1. The lowest BCUT2D eigenvalue weighted by molar-refractivity contribution is 0.484. The van der Waals surface area contributed by atoms with Crippen LogP contribution in [-0.2, 0) is 7.05 Å². The Balaban J connectivity index is 2.14. The van der Waals surface area contributed by atoms with Gasteiger partial charge in [0.15, 0.2) is 0 Å². The molecule has 0 radical (unpaired) electrons. The minimum Gasteiger partial charge on any atom is -0.456 e. The Labute approximate surface area is 114 Å². The van der Waals surface area contributed by atoms with E-state index in [2.05, 4.69) is 0 Å². The van der Waals surface area contributed by atoms with Crippen LogP contribution in [0.2, 0.25) is 0 Å². The van der Waals surface area contributed by atoms with Crippen LogP contribution in [0, 0.1) is 5.82 Å². The van der Waals surface area contributed by atoms with Crippen LogP contribution in [0.5, 0.6) is 11.5 Å². The van der Waals surface area contributed by atoms with Gasteiger partial charge in [-0.25, -0.2) is 4.39 Å². The molecule has 1 aromatic heterocycles. The van der Waals surface area contributed by atoms with Crippen LogP contribution in [0.4, 0.5) is 4.39 Å². The molecule has 0 unspecified atom stereocenters. The average molecular weight is 269 g/mol. The van der Waals surface area contributed by atoms with E-state index >= 15 is 0 Å². The van der Waals surface area contributed by atoms with Gasteiger partial charge in [0, 0.05) is 18.5 Å². The SMILES string of the molecule is Cn1c(=O)cc(Oc2ccc(F)cc2)c2ccccc21. The van der Waals surface area contributed by atoms with Gasteiger partial charge in [-0.3, -0.25) is 4.79 Å². The molecule has 0 atom stereocenters. The summed E-state index contributed by atoms with van der Waals surface area (Å²) in [7, 11) is 1.71. The summed E-state index contributed by atoms with van der Waals surface area (Å²) in [6.45, 7) is 0. The van der Waals surface area contributed by atoms with Crippen molar-refractivity contribution in [2.75, 3.05) is 0 Å². The number of aromatic nitrogens is 1. The number of hydrogen-bond acceptors (Lipinski definition) is 2. The van der Waals surface area contributed by atoms with Gasteiger partial charge in [0.05, 0.1) is 5.52 Å². The summed E-state index contributed by atoms with van der Waals surface area (Å²) in [6, 6.07) is 14.6. The van der Waals surface area contributed by atoms with Crippen LogP contribution in [0.25, 0.3) is 10.9 Å². The van der Waals surface area contributed by atoms with Crippen LogP contribution in [0.15, 0.2) is 59.4 Å². The zero-order valence-corrected chi connectivity index (χ0v) is 10.8. The molecule has 0 fully saturated rings. The summed E-state index contributed by atoms with van der Waals surface area (Å²) >= 11 is 0. The summed E-state index contributed by atoms with van der Waals surface area (Å²) in [5.74, 6) is 0.631. The molecule has 0 aliphatic carbocycles. The Bertz CT molecular complexity index is 822. The average Bonchev–Trinajstić information content (AvgIpc) is 2.47. The second-order valence-electron chi connectivity index (χ2n) is 4.48. The molecule has 2 aromatic carbocycles. The lowest BCUT2D eigenvalue weighted by Gasteiger charge is -2.11. The van der Waals surface area contributed by atoms with Crippen LogP contribution in [0.1, 0.15) is 0 Å². The van der Waals surface area contributed by atoms with Gasteiger partial charge in [0.2, 0.25) is 0 Å². The van der Waals surface area contributed by atoms with Crippen LogP contribution < -0.4 is 10.3 Å². The van der Waals surface area contributed by atoms with E-state index in [0.29, 0.717) is 11.5 Å². The van der Waals surface area contributed by atoms with Crippen molar-refractivity contribution in [3.8, 4) is 11.5 Å².